The van der Waals surface area contributed by atoms with Crippen LogP contribution in [0.1, 0.15) is 0 Å². The minimum Gasteiger partial charge on any atom is -0.455 e. The second kappa shape index (κ2) is 10.7. The Morgan fingerprint density at radius 1 is 0.500 bits per heavy atom. The molecule has 0 aliphatic heterocycles. The lowest BCUT2D eigenvalue weighted by Gasteiger charge is -2.10. The molecule has 0 amide bonds. The molecular formula is C42H24N4OS. The van der Waals surface area contributed by atoms with E-state index in [9.17, 15) is 0 Å². The molecule has 0 aliphatic rings. The Morgan fingerprint density at radius 2 is 1.17 bits per heavy atom. The molecule has 0 saturated heterocycles. The van der Waals surface area contributed by atoms with Gasteiger partial charge in [-0.05, 0) is 40.6 Å². The summed E-state index contributed by atoms with van der Waals surface area (Å²) in [5.74, 6) is 1.70. The summed E-state index contributed by atoms with van der Waals surface area (Å²) in [5, 5.41) is 6.52. The highest BCUT2D eigenvalue weighted by atomic mass is 32.1. The van der Waals surface area contributed by atoms with E-state index in [4.69, 9.17) is 24.4 Å². The Hall–Kier alpha value is -6.24. The summed E-state index contributed by atoms with van der Waals surface area (Å²) in [6, 6.07) is 47.8. The topological polar surface area (TPSA) is 64.7 Å². The summed E-state index contributed by atoms with van der Waals surface area (Å²) in [5.41, 5.74) is 6.03. The normalized spacial score (nSPS) is 11.8. The molecule has 6 heteroatoms. The maximum Gasteiger partial charge on any atom is 0.183 e. The van der Waals surface area contributed by atoms with E-state index in [-0.39, 0.29) is 0 Å². The van der Waals surface area contributed by atoms with Crippen molar-refractivity contribution >= 4 is 64.2 Å². The van der Waals surface area contributed by atoms with Crippen LogP contribution in [0.4, 0.5) is 0 Å². The Balaban J connectivity index is 1.29. The molecule has 0 unspecified atom stereocenters. The number of rotatable bonds is 4. The van der Waals surface area contributed by atoms with Gasteiger partial charge in [0.05, 0.1) is 5.39 Å². The summed E-state index contributed by atoms with van der Waals surface area (Å²) < 4.78 is 9.10. The van der Waals surface area contributed by atoms with E-state index >= 15 is 0 Å². The molecule has 5 nitrogen and oxygen atoms in total. The van der Waals surface area contributed by atoms with Crippen molar-refractivity contribution < 1.29 is 4.42 Å². The SMILES string of the molecule is c1ccc(-c2nc(-c3cccc4c3sc3ccccc34)nc(-c3ncc(-c4ccccc4)c4oc5cc6ccccc6cc5c34)n2)cc1. The number of benzene rings is 6. The van der Waals surface area contributed by atoms with Gasteiger partial charge < -0.3 is 4.42 Å². The van der Waals surface area contributed by atoms with Crippen molar-refractivity contribution in [1.29, 1.82) is 0 Å². The van der Waals surface area contributed by atoms with Crippen molar-refractivity contribution in [3.63, 3.8) is 0 Å². The van der Waals surface area contributed by atoms with Crippen molar-refractivity contribution in [3.05, 3.63) is 146 Å². The van der Waals surface area contributed by atoms with Crippen LogP contribution in [0.5, 0.6) is 0 Å². The van der Waals surface area contributed by atoms with E-state index in [1.807, 2.05) is 60.8 Å². The highest BCUT2D eigenvalue weighted by Crippen LogP contribution is 2.43. The second-order valence-electron chi connectivity index (χ2n) is 11.8. The molecule has 0 radical (unpaired) electrons. The maximum absolute atomic E-state index is 6.72. The number of fused-ring (bicyclic) bond motifs is 7. The predicted molar refractivity (Wildman–Crippen MR) is 197 cm³/mol. The summed E-state index contributed by atoms with van der Waals surface area (Å²) in [6.07, 6.45) is 1.88. The highest BCUT2D eigenvalue weighted by molar-refractivity contribution is 7.26. The van der Waals surface area contributed by atoms with Gasteiger partial charge >= 0.3 is 0 Å². The first kappa shape index (κ1) is 26.9. The van der Waals surface area contributed by atoms with E-state index in [1.54, 1.807) is 11.3 Å². The average molecular weight is 633 g/mol. The lowest BCUT2D eigenvalue weighted by Crippen LogP contribution is -2.02. The van der Waals surface area contributed by atoms with Gasteiger partial charge in [0.25, 0.3) is 0 Å². The van der Waals surface area contributed by atoms with Crippen LogP contribution in [0, 0.1) is 0 Å². The zero-order chi connectivity index (χ0) is 31.6. The molecule has 10 rings (SSSR count). The molecule has 6 aromatic carbocycles. The third kappa shape index (κ3) is 4.24. The Kier molecular flexibility index (Phi) is 5.98. The maximum atomic E-state index is 6.72. The molecule has 0 atom stereocenters. The van der Waals surface area contributed by atoms with E-state index < -0.39 is 0 Å². The van der Waals surface area contributed by atoms with Gasteiger partial charge in [-0.3, -0.25) is 4.98 Å². The van der Waals surface area contributed by atoms with Crippen LogP contribution in [0.3, 0.4) is 0 Å². The fraction of sp³-hybridized carbons (Fsp3) is 0. The van der Waals surface area contributed by atoms with Gasteiger partial charge in [0, 0.05) is 48.4 Å². The smallest absolute Gasteiger partial charge is 0.183 e. The first-order valence-corrected chi connectivity index (χ1v) is 16.6. The van der Waals surface area contributed by atoms with E-state index in [0.717, 1.165) is 59.7 Å². The summed E-state index contributed by atoms with van der Waals surface area (Å²) in [4.78, 5) is 20.5. The van der Waals surface area contributed by atoms with Gasteiger partial charge in [-0.15, -0.1) is 11.3 Å². The largest absolute Gasteiger partial charge is 0.455 e. The first-order valence-electron chi connectivity index (χ1n) is 15.8. The van der Waals surface area contributed by atoms with Crippen LogP contribution < -0.4 is 0 Å². The van der Waals surface area contributed by atoms with Gasteiger partial charge in [0.2, 0.25) is 0 Å². The van der Waals surface area contributed by atoms with Crippen molar-refractivity contribution in [2.45, 2.75) is 0 Å². The number of hydrogen-bond acceptors (Lipinski definition) is 6. The lowest BCUT2D eigenvalue weighted by atomic mass is 10.0. The molecule has 0 saturated carbocycles. The molecule has 10 aromatic rings. The van der Waals surface area contributed by atoms with Crippen LogP contribution in [-0.4, -0.2) is 19.9 Å². The number of furan rings is 1. The average Bonchev–Trinajstić information content (AvgIpc) is 3.72. The highest BCUT2D eigenvalue weighted by Gasteiger charge is 2.23. The third-order valence-corrected chi connectivity index (χ3v) is 10.2. The molecule has 48 heavy (non-hydrogen) atoms. The number of hydrogen-bond donors (Lipinski definition) is 0. The van der Waals surface area contributed by atoms with Crippen LogP contribution in [-0.2, 0) is 0 Å². The standard InChI is InChI=1S/C42H24N4OS/c1-3-12-25(13-4-1)33-24-43-37(36-32-22-27-16-7-8-17-28(27)23-34(32)47-38(33)36)42-45-40(26-14-5-2-6-15-26)44-41(46-42)31-20-11-19-30-29-18-9-10-21-35(29)48-39(30)31/h1-24H. The third-order valence-electron chi connectivity index (χ3n) is 8.97. The summed E-state index contributed by atoms with van der Waals surface area (Å²) in [6.45, 7) is 0. The number of pyridine rings is 1. The van der Waals surface area contributed by atoms with Crippen LogP contribution >= 0.6 is 11.3 Å². The lowest BCUT2D eigenvalue weighted by molar-refractivity contribution is 0.670. The molecule has 0 N–H and O–H groups in total. The molecule has 0 aliphatic carbocycles. The number of aromatic nitrogens is 4. The van der Waals surface area contributed by atoms with Crippen molar-refractivity contribution in [2.75, 3.05) is 0 Å². The number of nitrogens with zero attached hydrogens (tertiary/aromatic N) is 4. The summed E-state index contributed by atoms with van der Waals surface area (Å²) in [7, 11) is 0. The van der Waals surface area contributed by atoms with Gasteiger partial charge in [-0.2, -0.15) is 0 Å². The molecule has 224 valence electrons. The van der Waals surface area contributed by atoms with Crippen molar-refractivity contribution in [2.24, 2.45) is 0 Å². The van der Waals surface area contributed by atoms with Gasteiger partial charge in [-0.1, -0.05) is 115 Å². The summed E-state index contributed by atoms with van der Waals surface area (Å²) >= 11 is 1.76. The Labute approximate surface area is 278 Å². The molecule has 0 spiro atoms. The van der Waals surface area contributed by atoms with Crippen molar-refractivity contribution in [3.8, 4) is 45.4 Å². The first-order chi connectivity index (χ1) is 23.8. The second-order valence-corrected chi connectivity index (χ2v) is 12.9. The van der Waals surface area contributed by atoms with Crippen LogP contribution in [0.2, 0.25) is 0 Å². The van der Waals surface area contributed by atoms with Gasteiger partial charge in [-0.25, -0.2) is 15.0 Å². The Bertz CT molecular complexity index is 2840. The minimum absolute atomic E-state index is 0.498. The minimum atomic E-state index is 0.498. The van der Waals surface area contributed by atoms with Crippen LogP contribution in [0.25, 0.3) is 98.3 Å². The monoisotopic (exact) mass is 632 g/mol. The predicted octanol–water partition coefficient (Wildman–Crippen LogP) is 11.4. The van der Waals surface area contributed by atoms with Crippen molar-refractivity contribution in [1.82, 2.24) is 19.9 Å². The molecule has 0 bridgehead atoms. The fourth-order valence-corrected chi connectivity index (χ4v) is 7.91. The molecule has 0 fully saturated rings. The zero-order valence-electron chi connectivity index (χ0n) is 25.5. The Morgan fingerprint density at radius 3 is 2.00 bits per heavy atom. The van der Waals surface area contributed by atoms with E-state index in [1.165, 1.54) is 15.5 Å². The molecule has 4 heterocycles. The molecule has 4 aromatic heterocycles. The van der Waals surface area contributed by atoms with E-state index in [2.05, 4.69) is 84.9 Å². The van der Waals surface area contributed by atoms with Gasteiger partial charge in [0.15, 0.2) is 17.5 Å². The molecular weight excluding hydrogens is 609 g/mol. The van der Waals surface area contributed by atoms with E-state index in [0.29, 0.717) is 23.2 Å². The zero-order valence-corrected chi connectivity index (χ0v) is 26.3. The van der Waals surface area contributed by atoms with Crippen LogP contribution in [0.15, 0.2) is 150 Å². The van der Waals surface area contributed by atoms with Gasteiger partial charge in [0.1, 0.15) is 16.9 Å². The quantitative estimate of drug-likeness (QED) is 0.193. The number of thiophene rings is 1. The fourth-order valence-electron chi connectivity index (χ4n) is 6.69.